The van der Waals surface area contributed by atoms with Crippen LogP contribution in [0.3, 0.4) is 0 Å². The minimum Gasteiger partial charge on any atom is -0.460 e. The molecular weight excluding hydrogens is 460 g/mol. The maximum atomic E-state index is 13.6. The number of carbonyl (C=O) groups excluding carboxylic acids is 3. The number of nitrogens with zero attached hydrogens (tertiary/aromatic N) is 1. The first kappa shape index (κ1) is 28.1. The Morgan fingerprint density at radius 1 is 1.11 bits per heavy atom. The molecule has 36 heavy (non-hydrogen) atoms. The number of aliphatic hydroxyl groups is 2. The lowest BCUT2D eigenvalue weighted by Gasteiger charge is -2.34. The van der Waals surface area contributed by atoms with Crippen LogP contribution in [0, 0.1) is 11.8 Å². The van der Waals surface area contributed by atoms with Crippen LogP contribution in [0.15, 0.2) is 30.3 Å². The highest BCUT2D eigenvalue weighted by Crippen LogP contribution is 2.27. The molecule has 3 N–H and O–H groups in total. The van der Waals surface area contributed by atoms with Gasteiger partial charge < -0.3 is 25.2 Å². The summed E-state index contributed by atoms with van der Waals surface area (Å²) in [5.74, 6) is -1.92. The maximum Gasteiger partial charge on any atom is 0.329 e. The second-order valence-corrected chi connectivity index (χ2v) is 10.6. The molecule has 1 aromatic carbocycles. The number of amides is 2. The number of hydrogen-bond donors (Lipinski definition) is 3. The average molecular weight is 503 g/mol. The summed E-state index contributed by atoms with van der Waals surface area (Å²) in [7, 11) is 0. The topological polar surface area (TPSA) is 116 Å². The lowest BCUT2D eigenvalue weighted by molar-refractivity contribution is -0.163. The van der Waals surface area contributed by atoms with E-state index in [4.69, 9.17) is 4.74 Å². The number of benzene rings is 1. The van der Waals surface area contributed by atoms with Crippen molar-refractivity contribution in [2.45, 2.75) is 103 Å². The predicted molar refractivity (Wildman–Crippen MR) is 136 cm³/mol. The second kappa shape index (κ2) is 13.2. The normalized spacial score (nSPS) is 29.4. The lowest BCUT2D eigenvalue weighted by Crippen LogP contribution is -2.55. The summed E-state index contributed by atoms with van der Waals surface area (Å²) in [5.41, 5.74) is 0.902. The number of unbranched alkanes of at least 4 members (excludes halogenated alkanes) is 1. The first-order valence-corrected chi connectivity index (χ1v) is 13.4. The van der Waals surface area contributed by atoms with Crippen LogP contribution in [0.2, 0.25) is 0 Å². The molecule has 1 aromatic rings. The van der Waals surface area contributed by atoms with Crippen LogP contribution in [-0.4, -0.2) is 69.8 Å². The Bertz CT molecular complexity index is 876. The molecule has 0 radical (unpaired) electrons. The van der Waals surface area contributed by atoms with E-state index >= 15 is 0 Å². The molecule has 0 spiro atoms. The van der Waals surface area contributed by atoms with Crippen molar-refractivity contribution in [3.63, 3.8) is 0 Å². The Hall–Kier alpha value is -2.45. The van der Waals surface area contributed by atoms with Gasteiger partial charge in [-0.05, 0) is 44.1 Å². The van der Waals surface area contributed by atoms with Gasteiger partial charge in [-0.25, -0.2) is 4.79 Å². The highest BCUT2D eigenvalue weighted by Gasteiger charge is 2.41. The Labute approximate surface area is 214 Å². The third-order valence-electron chi connectivity index (χ3n) is 7.60. The number of rotatable bonds is 8. The van der Waals surface area contributed by atoms with Crippen LogP contribution in [0.25, 0.3) is 0 Å². The van der Waals surface area contributed by atoms with Gasteiger partial charge in [0.1, 0.15) is 18.2 Å². The van der Waals surface area contributed by atoms with Crippen molar-refractivity contribution in [1.82, 2.24) is 10.2 Å². The number of aliphatic hydroxyl groups excluding tert-OH is 2. The third kappa shape index (κ3) is 7.53. The molecule has 2 saturated heterocycles. The maximum absolute atomic E-state index is 13.6. The minimum atomic E-state index is -1.02. The Morgan fingerprint density at radius 2 is 1.81 bits per heavy atom. The van der Waals surface area contributed by atoms with Crippen LogP contribution in [0.5, 0.6) is 0 Å². The molecule has 0 saturated carbocycles. The van der Waals surface area contributed by atoms with Crippen LogP contribution in [-0.2, 0) is 25.5 Å². The quantitative estimate of drug-likeness (QED) is 0.372. The molecular formula is C28H42N2O6. The highest BCUT2D eigenvalue weighted by molar-refractivity contribution is 5.92. The summed E-state index contributed by atoms with van der Waals surface area (Å²) in [6, 6.07) is 7.93. The van der Waals surface area contributed by atoms with Crippen molar-refractivity contribution < 1.29 is 29.3 Å². The van der Waals surface area contributed by atoms with Gasteiger partial charge in [-0.2, -0.15) is 0 Å². The molecule has 0 aromatic heterocycles. The van der Waals surface area contributed by atoms with E-state index in [-0.39, 0.29) is 30.3 Å². The molecule has 7 atom stereocenters. The number of carbonyl (C=O) groups is 3. The monoisotopic (exact) mass is 502 g/mol. The summed E-state index contributed by atoms with van der Waals surface area (Å²) >= 11 is 0. The largest absolute Gasteiger partial charge is 0.460 e. The van der Waals surface area contributed by atoms with Gasteiger partial charge >= 0.3 is 5.97 Å². The third-order valence-corrected chi connectivity index (χ3v) is 7.60. The molecule has 2 heterocycles. The van der Waals surface area contributed by atoms with Gasteiger partial charge in [0.2, 0.25) is 11.8 Å². The van der Waals surface area contributed by atoms with Crippen LogP contribution >= 0.6 is 0 Å². The van der Waals surface area contributed by atoms with E-state index in [2.05, 4.69) is 5.32 Å². The van der Waals surface area contributed by atoms with Crippen molar-refractivity contribution >= 4 is 17.8 Å². The number of fused-ring (bicyclic) bond motifs is 1. The smallest absolute Gasteiger partial charge is 0.329 e. The number of cyclic esters (lactones) is 1. The lowest BCUT2D eigenvalue weighted by atomic mass is 9.89. The van der Waals surface area contributed by atoms with Gasteiger partial charge in [0, 0.05) is 19.4 Å². The highest BCUT2D eigenvalue weighted by atomic mass is 16.5. The van der Waals surface area contributed by atoms with Crippen LogP contribution in [0.4, 0.5) is 0 Å². The Balaban J connectivity index is 1.80. The van der Waals surface area contributed by atoms with Gasteiger partial charge in [0.15, 0.2) is 0 Å². The van der Waals surface area contributed by atoms with E-state index in [0.29, 0.717) is 32.2 Å². The number of esters is 1. The summed E-state index contributed by atoms with van der Waals surface area (Å²) in [4.78, 5) is 41.6. The van der Waals surface area contributed by atoms with Crippen molar-refractivity contribution in [1.29, 1.82) is 0 Å². The first-order chi connectivity index (χ1) is 17.2. The fourth-order valence-corrected chi connectivity index (χ4v) is 5.16. The summed E-state index contributed by atoms with van der Waals surface area (Å²) < 4.78 is 5.96. The molecule has 0 aliphatic carbocycles. The molecule has 2 amide bonds. The molecule has 2 aliphatic heterocycles. The van der Waals surface area contributed by atoms with Crippen molar-refractivity contribution in [2.75, 3.05) is 6.54 Å². The fraction of sp³-hybridized carbons (Fsp3) is 0.679. The Morgan fingerprint density at radius 3 is 2.50 bits per heavy atom. The zero-order valence-electron chi connectivity index (χ0n) is 21.8. The van der Waals surface area contributed by atoms with Gasteiger partial charge in [0.25, 0.3) is 0 Å². The van der Waals surface area contributed by atoms with E-state index in [0.717, 1.165) is 24.8 Å². The van der Waals surface area contributed by atoms with Crippen molar-refractivity contribution in [3.05, 3.63) is 35.9 Å². The predicted octanol–water partition coefficient (Wildman–Crippen LogP) is 2.59. The summed E-state index contributed by atoms with van der Waals surface area (Å²) in [6.07, 6.45) is 2.93. The molecule has 8 nitrogen and oxygen atoms in total. The average Bonchev–Trinajstić information content (AvgIpc) is 3.34. The molecule has 2 aliphatic rings. The molecule has 0 bridgehead atoms. The SMILES string of the molecule is C[C@H](CCCC[C@@H](C)O)[C@@H]1C[C@H](O)[C@@H](C)C(=O)N[C@@H](Cc2ccccc2)C(=O)N2CCC[C@H]2C(=O)O1. The second-order valence-electron chi connectivity index (χ2n) is 10.6. The van der Waals surface area contributed by atoms with Crippen LogP contribution in [0.1, 0.15) is 71.3 Å². The van der Waals surface area contributed by atoms with E-state index < -0.39 is 36.2 Å². The van der Waals surface area contributed by atoms with E-state index in [1.165, 1.54) is 0 Å². The van der Waals surface area contributed by atoms with E-state index in [1.54, 1.807) is 18.7 Å². The van der Waals surface area contributed by atoms with E-state index in [1.807, 2.05) is 37.3 Å². The Kier molecular flexibility index (Phi) is 10.3. The van der Waals surface area contributed by atoms with Gasteiger partial charge in [-0.1, -0.05) is 57.0 Å². The molecule has 0 unspecified atom stereocenters. The fourth-order valence-electron chi connectivity index (χ4n) is 5.16. The standard InChI is InChI=1S/C28H42N2O6/c1-18(10-7-8-11-19(2)31)25-17-24(32)20(3)26(33)29-22(16-21-12-5-4-6-13-21)27(34)30-15-9-14-23(30)28(35)36-25/h4-6,12-13,18-20,22-25,31-32H,7-11,14-17H2,1-3H3,(H,29,33)/t18-,19-,20-,22+,23+,24+,25+/m1/s1. The van der Waals surface area contributed by atoms with Crippen molar-refractivity contribution in [3.8, 4) is 0 Å². The minimum absolute atomic E-state index is 0.0350. The van der Waals surface area contributed by atoms with E-state index in [9.17, 15) is 24.6 Å². The van der Waals surface area contributed by atoms with Gasteiger partial charge in [-0.15, -0.1) is 0 Å². The van der Waals surface area contributed by atoms with Crippen molar-refractivity contribution in [2.24, 2.45) is 11.8 Å². The zero-order chi connectivity index (χ0) is 26.2. The van der Waals surface area contributed by atoms with Gasteiger partial charge in [0.05, 0.1) is 18.1 Å². The molecule has 2 fully saturated rings. The van der Waals surface area contributed by atoms with Gasteiger partial charge in [-0.3, -0.25) is 9.59 Å². The number of nitrogens with one attached hydrogen (secondary N) is 1. The summed E-state index contributed by atoms with van der Waals surface area (Å²) in [5, 5.41) is 23.3. The first-order valence-electron chi connectivity index (χ1n) is 13.4. The number of ether oxygens (including phenoxy) is 1. The molecule has 200 valence electrons. The molecule has 3 rings (SSSR count). The zero-order valence-corrected chi connectivity index (χ0v) is 21.8. The van der Waals surface area contributed by atoms with Crippen LogP contribution < -0.4 is 5.32 Å². The summed E-state index contributed by atoms with van der Waals surface area (Å²) in [6.45, 7) is 5.83. The molecule has 8 heteroatoms. The number of hydrogen-bond acceptors (Lipinski definition) is 6.